The zero-order valence-corrected chi connectivity index (χ0v) is 27.6. The van der Waals surface area contributed by atoms with Crippen LogP contribution in [0.25, 0.3) is 55.6 Å². The van der Waals surface area contributed by atoms with Crippen LogP contribution in [0.15, 0.2) is 206 Å². The Labute approximate surface area is 294 Å². The highest BCUT2D eigenvalue weighted by atomic mass is 14.9. The Kier molecular flexibility index (Phi) is 8.73. The van der Waals surface area contributed by atoms with Crippen LogP contribution >= 0.6 is 0 Å². The van der Waals surface area contributed by atoms with Gasteiger partial charge in [0.15, 0.2) is 0 Å². The van der Waals surface area contributed by atoms with Crippen molar-refractivity contribution >= 4 is 22.7 Å². The molecule has 0 heterocycles. The summed E-state index contributed by atoms with van der Waals surface area (Å²) in [5.74, 6) is 0. The van der Waals surface area contributed by atoms with E-state index in [-0.39, 0.29) is 0 Å². The molecule has 0 atom stereocenters. The highest BCUT2D eigenvalue weighted by Gasteiger charge is 2.09. The third-order valence-corrected chi connectivity index (χ3v) is 9.09. The van der Waals surface area contributed by atoms with E-state index in [0.717, 1.165) is 22.7 Å². The van der Waals surface area contributed by atoms with E-state index in [4.69, 9.17) is 0 Å². The maximum absolute atomic E-state index is 3.66. The van der Waals surface area contributed by atoms with Crippen LogP contribution in [0.1, 0.15) is 0 Å². The van der Waals surface area contributed by atoms with Crippen molar-refractivity contribution < 1.29 is 0 Å². The van der Waals surface area contributed by atoms with Crippen molar-refractivity contribution in [3.63, 3.8) is 0 Å². The van der Waals surface area contributed by atoms with Gasteiger partial charge in [-0.25, -0.2) is 0 Å². The summed E-state index contributed by atoms with van der Waals surface area (Å²) in [4.78, 5) is 0. The lowest BCUT2D eigenvalue weighted by molar-refractivity contribution is 1.52. The fourth-order valence-electron chi connectivity index (χ4n) is 6.39. The van der Waals surface area contributed by atoms with Crippen LogP contribution in [0.2, 0.25) is 0 Å². The van der Waals surface area contributed by atoms with E-state index >= 15 is 0 Å². The van der Waals surface area contributed by atoms with E-state index in [9.17, 15) is 0 Å². The van der Waals surface area contributed by atoms with Gasteiger partial charge in [0, 0.05) is 28.3 Å². The van der Waals surface area contributed by atoms with Crippen LogP contribution in [-0.2, 0) is 0 Å². The molecule has 8 aromatic carbocycles. The Morgan fingerprint density at radius 3 is 1.06 bits per heavy atom. The lowest BCUT2D eigenvalue weighted by Gasteiger charge is -2.14. The first-order valence-corrected chi connectivity index (χ1v) is 17.0. The van der Waals surface area contributed by atoms with Crippen molar-refractivity contribution in [1.82, 2.24) is 0 Å². The summed E-state index contributed by atoms with van der Waals surface area (Å²) in [5.41, 5.74) is 16.2. The Morgan fingerprint density at radius 2 is 0.560 bits per heavy atom. The summed E-state index contributed by atoms with van der Waals surface area (Å²) in [7, 11) is 0. The molecule has 0 aliphatic rings. The van der Waals surface area contributed by atoms with E-state index in [1.807, 2.05) is 12.1 Å². The van der Waals surface area contributed by atoms with Gasteiger partial charge in [0.2, 0.25) is 0 Å². The second-order valence-corrected chi connectivity index (χ2v) is 12.4. The van der Waals surface area contributed by atoms with Crippen molar-refractivity contribution in [1.29, 1.82) is 0 Å². The molecule has 2 heteroatoms. The predicted octanol–water partition coefficient (Wildman–Crippen LogP) is 13.5. The summed E-state index contributed by atoms with van der Waals surface area (Å²) < 4.78 is 0. The molecule has 0 aliphatic heterocycles. The molecule has 0 bridgehead atoms. The number of hydrogen-bond donors (Lipinski definition) is 2. The van der Waals surface area contributed by atoms with Crippen LogP contribution < -0.4 is 10.6 Å². The van der Waals surface area contributed by atoms with Gasteiger partial charge in [-0.2, -0.15) is 0 Å². The smallest absolute Gasteiger partial charge is 0.0463 e. The lowest BCUT2D eigenvalue weighted by atomic mass is 9.96. The molecule has 0 aliphatic carbocycles. The second-order valence-electron chi connectivity index (χ2n) is 12.4. The number of anilines is 4. The largest absolute Gasteiger partial charge is 0.356 e. The van der Waals surface area contributed by atoms with Crippen molar-refractivity contribution in [2.24, 2.45) is 0 Å². The molecule has 0 saturated carbocycles. The van der Waals surface area contributed by atoms with Gasteiger partial charge in [-0.1, -0.05) is 158 Å². The third kappa shape index (κ3) is 6.96. The minimum absolute atomic E-state index is 1.06. The zero-order valence-electron chi connectivity index (χ0n) is 27.6. The van der Waals surface area contributed by atoms with E-state index in [1.54, 1.807) is 0 Å². The van der Waals surface area contributed by atoms with Crippen molar-refractivity contribution in [2.45, 2.75) is 0 Å². The molecule has 0 spiro atoms. The minimum Gasteiger partial charge on any atom is -0.356 e. The first-order valence-electron chi connectivity index (χ1n) is 17.0. The van der Waals surface area contributed by atoms with Crippen LogP contribution in [0.4, 0.5) is 22.7 Å². The second kappa shape index (κ2) is 14.2. The Balaban J connectivity index is 0.950. The van der Waals surface area contributed by atoms with Gasteiger partial charge in [0.05, 0.1) is 0 Å². The standard InChI is InChI=1S/C48H36N2/c1-3-10-35(11-4-1)38-22-28-44(29-23-38)49-45-30-24-40(25-31-45)37-18-20-41(21-19-37)42-14-9-15-43(34-42)47-16-7-8-17-48(47)50-46-32-26-39(27-33-46)36-12-5-2-6-13-36/h1-34,49-50H. The molecule has 50 heavy (non-hydrogen) atoms. The van der Waals surface area contributed by atoms with Crippen LogP contribution in [0, 0.1) is 0 Å². The van der Waals surface area contributed by atoms with E-state index < -0.39 is 0 Å². The zero-order chi connectivity index (χ0) is 33.5. The third-order valence-electron chi connectivity index (χ3n) is 9.09. The molecule has 0 radical (unpaired) electrons. The van der Waals surface area contributed by atoms with E-state index in [0.29, 0.717) is 0 Å². The monoisotopic (exact) mass is 640 g/mol. The number of benzene rings is 8. The Hall–Kier alpha value is -6.64. The highest BCUT2D eigenvalue weighted by Crippen LogP contribution is 2.34. The van der Waals surface area contributed by atoms with Gasteiger partial charge in [0.25, 0.3) is 0 Å². The van der Waals surface area contributed by atoms with Gasteiger partial charge in [0.1, 0.15) is 0 Å². The molecular formula is C48H36N2. The number of rotatable bonds is 9. The molecule has 2 N–H and O–H groups in total. The molecule has 0 fully saturated rings. The van der Waals surface area contributed by atoms with E-state index in [1.165, 1.54) is 55.6 Å². The number of nitrogens with one attached hydrogen (secondary N) is 2. The number of para-hydroxylation sites is 1. The molecule has 0 aromatic heterocycles. The number of hydrogen-bond acceptors (Lipinski definition) is 2. The SMILES string of the molecule is c1ccc(-c2ccc(Nc3ccc(-c4ccc(-c5cccc(-c6ccccc6Nc6ccc(-c7ccccc7)cc6)c5)cc4)cc3)cc2)cc1. The molecule has 2 nitrogen and oxygen atoms in total. The molecule has 0 unspecified atom stereocenters. The van der Waals surface area contributed by atoms with E-state index in [2.05, 4.69) is 205 Å². The molecule has 0 saturated heterocycles. The molecule has 0 amide bonds. The highest BCUT2D eigenvalue weighted by molar-refractivity contribution is 5.84. The summed E-state index contributed by atoms with van der Waals surface area (Å²) in [6.07, 6.45) is 0. The topological polar surface area (TPSA) is 24.1 Å². The summed E-state index contributed by atoms with van der Waals surface area (Å²) in [5, 5.41) is 7.19. The summed E-state index contributed by atoms with van der Waals surface area (Å²) >= 11 is 0. The van der Waals surface area contributed by atoms with Gasteiger partial charge < -0.3 is 10.6 Å². The van der Waals surface area contributed by atoms with Crippen molar-refractivity contribution in [3.8, 4) is 55.6 Å². The summed E-state index contributed by atoms with van der Waals surface area (Å²) in [6, 6.07) is 72.9. The fraction of sp³-hybridized carbons (Fsp3) is 0. The van der Waals surface area contributed by atoms with Crippen molar-refractivity contribution in [2.75, 3.05) is 10.6 Å². The molecular weight excluding hydrogens is 605 g/mol. The lowest BCUT2D eigenvalue weighted by Crippen LogP contribution is -1.93. The Morgan fingerprint density at radius 1 is 0.220 bits per heavy atom. The van der Waals surface area contributed by atoms with Gasteiger partial charge >= 0.3 is 0 Å². The normalized spacial score (nSPS) is 10.8. The Bertz CT molecular complexity index is 2310. The van der Waals surface area contributed by atoms with Gasteiger partial charge in [-0.3, -0.25) is 0 Å². The average Bonchev–Trinajstić information content (AvgIpc) is 3.20. The molecule has 8 rings (SSSR count). The first-order chi connectivity index (χ1) is 24.7. The van der Waals surface area contributed by atoms with Gasteiger partial charge in [-0.15, -0.1) is 0 Å². The maximum atomic E-state index is 3.66. The van der Waals surface area contributed by atoms with Crippen LogP contribution in [0.3, 0.4) is 0 Å². The molecule has 8 aromatic rings. The minimum atomic E-state index is 1.06. The first kappa shape index (κ1) is 30.7. The quantitative estimate of drug-likeness (QED) is 0.164. The average molecular weight is 641 g/mol. The molecule has 238 valence electrons. The van der Waals surface area contributed by atoms with Crippen LogP contribution in [-0.4, -0.2) is 0 Å². The van der Waals surface area contributed by atoms with Crippen molar-refractivity contribution in [3.05, 3.63) is 206 Å². The predicted molar refractivity (Wildman–Crippen MR) is 213 cm³/mol. The summed E-state index contributed by atoms with van der Waals surface area (Å²) in [6.45, 7) is 0. The van der Waals surface area contributed by atoms with Gasteiger partial charge in [-0.05, 0) is 98.6 Å². The maximum Gasteiger partial charge on any atom is 0.0463 e. The van der Waals surface area contributed by atoms with Crippen LogP contribution in [0.5, 0.6) is 0 Å². The fourth-order valence-corrected chi connectivity index (χ4v) is 6.39.